The first-order valence-electron chi connectivity index (χ1n) is 4.75. The third kappa shape index (κ3) is 2.58. The second kappa shape index (κ2) is 5.87. The number of hydrogen-bond acceptors (Lipinski definition) is 4. The van der Waals surface area contributed by atoms with Crippen LogP contribution in [0.4, 0.5) is 0 Å². The van der Waals surface area contributed by atoms with Crippen LogP contribution in [0.5, 0.6) is 0 Å². The molecule has 5 heteroatoms. The smallest absolute Gasteiger partial charge is 0.253 e. The number of hydrogen-bond donors (Lipinski definition) is 2. The molecule has 16 heavy (non-hydrogen) atoms. The Kier molecular flexibility index (Phi) is 4.47. The molecule has 5 nitrogen and oxygen atoms in total. The van der Waals surface area contributed by atoms with Crippen LogP contribution in [-0.4, -0.2) is 31.5 Å². The molecule has 86 valence electrons. The van der Waals surface area contributed by atoms with Crippen LogP contribution in [0, 0.1) is 0 Å². The number of methoxy groups -OCH3 is 1. The van der Waals surface area contributed by atoms with Crippen LogP contribution in [0.25, 0.3) is 0 Å². The Morgan fingerprint density at radius 3 is 2.81 bits per heavy atom. The zero-order valence-corrected chi connectivity index (χ0v) is 9.18. The van der Waals surface area contributed by atoms with Gasteiger partial charge in [0, 0.05) is 19.7 Å². The van der Waals surface area contributed by atoms with Crippen LogP contribution in [-0.2, 0) is 9.53 Å². The maximum atomic E-state index is 11.6. The van der Waals surface area contributed by atoms with Crippen molar-refractivity contribution in [2.45, 2.75) is 6.10 Å². The van der Waals surface area contributed by atoms with Gasteiger partial charge >= 0.3 is 0 Å². The van der Waals surface area contributed by atoms with Crippen LogP contribution in [0.2, 0.25) is 0 Å². The summed E-state index contributed by atoms with van der Waals surface area (Å²) in [5.74, 6) is -0.249. The maximum absolute atomic E-state index is 11.6. The molecule has 0 fully saturated rings. The van der Waals surface area contributed by atoms with E-state index in [1.165, 1.54) is 20.4 Å². The fourth-order valence-electron chi connectivity index (χ4n) is 1.44. The predicted molar refractivity (Wildman–Crippen MR) is 59.6 cm³/mol. The maximum Gasteiger partial charge on any atom is 0.253 e. The van der Waals surface area contributed by atoms with Gasteiger partial charge in [-0.15, -0.1) is 0 Å². The van der Waals surface area contributed by atoms with E-state index in [9.17, 15) is 4.79 Å². The van der Waals surface area contributed by atoms with Crippen LogP contribution in [0.3, 0.4) is 0 Å². The quantitative estimate of drug-likeness (QED) is 0.452. The zero-order valence-electron chi connectivity index (χ0n) is 9.18. The van der Waals surface area contributed by atoms with Gasteiger partial charge in [-0.3, -0.25) is 4.79 Å². The molecule has 0 radical (unpaired) electrons. The number of oxime groups is 1. The average molecular weight is 222 g/mol. The number of carbonyl (C=O) groups is 1. The lowest BCUT2D eigenvalue weighted by molar-refractivity contribution is -0.130. The van der Waals surface area contributed by atoms with Crippen molar-refractivity contribution in [1.29, 1.82) is 0 Å². The highest BCUT2D eigenvalue weighted by Crippen LogP contribution is 2.20. The molecule has 1 aromatic rings. The van der Waals surface area contributed by atoms with Crippen molar-refractivity contribution in [2.24, 2.45) is 5.16 Å². The molecule has 1 aromatic carbocycles. The van der Waals surface area contributed by atoms with Crippen molar-refractivity contribution < 1.29 is 14.7 Å². The van der Waals surface area contributed by atoms with Crippen molar-refractivity contribution in [2.75, 3.05) is 14.2 Å². The number of rotatable bonds is 4. The van der Waals surface area contributed by atoms with Gasteiger partial charge in [0.2, 0.25) is 0 Å². The Balaban J connectivity index is 3.13. The first-order valence-corrected chi connectivity index (χ1v) is 4.75. The SMILES string of the molecule is CNC(=O)C(OC)c1ccccc1C=NO. The Bertz CT molecular complexity index is 391. The molecule has 0 saturated carbocycles. The fraction of sp³-hybridized carbons (Fsp3) is 0.273. The van der Waals surface area contributed by atoms with Crippen molar-refractivity contribution in [3.8, 4) is 0 Å². The second-order valence-electron chi connectivity index (χ2n) is 3.10. The Morgan fingerprint density at radius 2 is 2.25 bits per heavy atom. The van der Waals surface area contributed by atoms with Crippen molar-refractivity contribution in [3.63, 3.8) is 0 Å². The van der Waals surface area contributed by atoms with Crippen LogP contribution < -0.4 is 5.32 Å². The van der Waals surface area contributed by atoms with Crippen molar-refractivity contribution >= 4 is 12.1 Å². The van der Waals surface area contributed by atoms with E-state index in [4.69, 9.17) is 9.94 Å². The van der Waals surface area contributed by atoms with Gasteiger partial charge in [0.05, 0.1) is 6.21 Å². The summed E-state index contributed by atoms with van der Waals surface area (Å²) in [6, 6.07) is 7.07. The minimum atomic E-state index is -0.709. The molecule has 0 aromatic heterocycles. The lowest BCUT2D eigenvalue weighted by atomic mass is 10.0. The lowest BCUT2D eigenvalue weighted by Gasteiger charge is -2.15. The second-order valence-corrected chi connectivity index (χ2v) is 3.10. The van der Waals surface area contributed by atoms with Crippen molar-refractivity contribution in [1.82, 2.24) is 5.32 Å². The van der Waals surface area contributed by atoms with Gasteiger partial charge in [0.15, 0.2) is 6.10 Å². The van der Waals surface area contributed by atoms with E-state index in [0.717, 1.165) is 0 Å². The minimum Gasteiger partial charge on any atom is -0.411 e. The molecular weight excluding hydrogens is 208 g/mol. The van der Waals surface area contributed by atoms with Gasteiger partial charge in [-0.05, 0) is 5.56 Å². The number of carbonyl (C=O) groups excluding carboxylic acids is 1. The van der Waals surface area contributed by atoms with Crippen LogP contribution in [0.15, 0.2) is 29.4 Å². The van der Waals surface area contributed by atoms with E-state index in [0.29, 0.717) is 11.1 Å². The summed E-state index contributed by atoms with van der Waals surface area (Å²) in [7, 11) is 2.99. The topological polar surface area (TPSA) is 70.9 Å². The van der Waals surface area contributed by atoms with E-state index in [1.807, 2.05) is 0 Å². The predicted octanol–water partition coefficient (Wildman–Crippen LogP) is 0.928. The van der Waals surface area contributed by atoms with Crippen LogP contribution in [0.1, 0.15) is 17.2 Å². The van der Waals surface area contributed by atoms with E-state index in [2.05, 4.69) is 10.5 Å². The third-order valence-electron chi connectivity index (χ3n) is 2.20. The number of ether oxygens (including phenoxy) is 1. The number of amides is 1. The molecule has 2 N–H and O–H groups in total. The fourth-order valence-corrected chi connectivity index (χ4v) is 1.44. The molecule has 1 amide bonds. The Labute approximate surface area is 93.7 Å². The summed E-state index contributed by atoms with van der Waals surface area (Å²) >= 11 is 0. The molecule has 1 atom stereocenters. The van der Waals surface area contributed by atoms with Gasteiger partial charge < -0.3 is 15.3 Å². The Morgan fingerprint density at radius 1 is 1.56 bits per heavy atom. The molecule has 0 aliphatic carbocycles. The summed E-state index contributed by atoms with van der Waals surface area (Å²) in [4.78, 5) is 11.6. The largest absolute Gasteiger partial charge is 0.411 e. The minimum absolute atomic E-state index is 0.249. The molecule has 0 aliphatic heterocycles. The Hall–Kier alpha value is -1.88. The standard InChI is InChI=1S/C11H14N2O3/c1-12-11(14)10(16-2)9-6-4-3-5-8(9)7-13-15/h3-7,10,15H,1-2H3,(H,12,14). The molecule has 0 saturated heterocycles. The number of likely N-dealkylation sites (N-methyl/N-ethyl adjacent to an activating group) is 1. The summed E-state index contributed by atoms with van der Waals surface area (Å²) in [6.07, 6.45) is 0.559. The van der Waals surface area contributed by atoms with E-state index in [1.54, 1.807) is 24.3 Å². The highest BCUT2D eigenvalue weighted by molar-refractivity contribution is 5.88. The highest BCUT2D eigenvalue weighted by Gasteiger charge is 2.20. The molecule has 0 heterocycles. The van der Waals surface area contributed by atoms with Gasteiger partial charge in [-0.2, -0.15) is 0 Å². The molecular formula is C11H14N2O3. The van der Waals surface area contributed by atoms with Crippen molar-refractivity contribution in [3.05, 3.63) is 35.4 Å². The molecule has 1 rings (SSSR count). The van der Waals surface area contributed by atoms with Crippen LogP contribution >= 0.6 is 0 Å². The average Bonchev–Trinajstić information content (AvgIpc) is 2.32. The van der Waals surface area contributed by atoms with E-state index < -0.39 is 6.10 Å². The van der Waals surface area contributed by atoms with E-state index >= 15 is 0 Å². The number of nitrogens with one attached hydrogen (secondary N) is 1. The zero-order chi connectivity index (χ0) is 12.0. The normalized spacial score (nSPS) is 12.6. The molecule has 0 spiro atoms. The summed E-state index contributed by atoms with van der Waals surface area (Å²) in [6.45, 7) is 0. The molecule has 1 unspecified atom stereocenters. The van der Waals surface area contributed by atoms with E-state index in [-0.39, 0.29) is 5.91 Å². The first-order chi connectivity index (χ1) is 7.74. The van der Waals surface area contributed by atoms with Gasteiger partial charge in [0.1, 0.15) is 0 Å². The monoisotopic (exact) mass is 222 g/mol. The third-order valence-corrected chi connectivity index (χ3v) is 2.20. The first kappa shape index (κ1) is 12.2. The summed E-state index contributed by atoms with van der Waals surface area (Å²) in [5, 5.41) is 14.0. The highest BCUT2D eigenvalue weighted by atomic mass is 16.5. The van der Waals surface area contributed by atoms with Gasteiger partial charge in [-0.25, -0.2) is 0 Å². The summed E-state index contributed by atoms with van der Waals surface area (Å²) in [5.41, 5.74) is 1.29. The molecule has 0 aliphatic rings. The molecule has 0 bridgehead atoms. The van der Waals surface area contributed by atoms with Gasteiger partial charge in [-0.1, -0.05) is 29.4 Å². The summed E-state index contributed by atoms with van der Waals surface area (Å²) < 4.78 is 5.12. The lowest BCUT2D eigenvalue weighted by Crippen LogP contribution is -2.27. The number of nitrogens with zero attached hydrogens (tertiary/aromatic N) is 1. The van der Waals surface area contributed by atoms with Gasteiger partial charge in [0.25, 0.3) is 5.91 Å². The number of benzene rings is 1.